The molecule has 0 saturated heterocycles. The third-order valence-corrected chi connectivity index (χ3v) is 1.77. The molecule has 0 heterocycles. The highest BCUT2D eigenvalue weighted by Gasteiger charge is 1.89. The van der Waals surface area contributed by atoms with Gasteiger partial charge in [0.1, 0.15) is 5.83 Å². The van der Waals surface area contributed by atoms with E-state index < -0.39 is 0 Å². The first kappa shape index (κ1) is 12.2. The average molecular weight is 182 g/mol. The van der Waals surface area contributed by atoms with Crippen molar-refractivity contribution in [2.24, 2.45) is 0 Å². The van der Waals surface area contributed by atoms with Crippen LogP contribution in [0.1, 0.15) is 40.0 Å². The highest BCUT2D eigenvalue weighted by molar-refractivity contribution is 5.24. The minimum absolute atomic E-state index is 0.141. The van der Waals surface area contributed by atoms with Gasteiger partial charge >= 0.3 is 0 Å². The predicted octanol–water partition coefficient (Wildman–Crippen LogP) is 4.55. The summed E-state index contributed by atoms with van der Waals surface area (Å²) in [7, 11) is 0. The lowest BCUT2D eigenvalue weighted by Crippen LogP contribution is -1.76. The van der Waals surface area contributed by atoms with Crippen molar-refractivity contribution in [3.8, 4) is 0 Å². The average Bonchev–Trinajstić information content (AvgIpc) is 2.12. The molecule has 0 atom stereocenters. The van der Waals surface area contributed by atoms with E-state index in [9.17, 15) is 4.39 Å². The maximum absolute atomic E-state index is 12.9. The van der Waals surface area contributed by atoms with Crippen LogP contribution in [0.5, 0.6) is 0 Å². The first-order chi connectivity index (χ1) is 6.24. The Morgan fingerprint density at radius 1 is 1.23 bits per heavy atom. The second-order valence-electron chi connectivity index (χ2n) is 2.94. The van der Waals surface area contributed by atoms with Crippen LogP contribution in [0.25, 0.3) is 0 Å². The molecule has 0 aliphatic heterocycles. The van der Waals surface area contributed by atoms with Gasteiger partial charge in [-0.1, -0.05) is 38.0 Å². The van der Waals surface area contributed by atoms with E-state index >= 15 is 0 Å². The zero-order valence-electron chi connectivity index (χ0n) is 8.81. The van der Waals surface area contributed by atoms with Crippen LogP contribution in [-0.2, 0) is 0 Å². The fraction of sp³-hybridized carbons (Fsp3) is 0.500. The number of allylic oxidation sites excluding steroid dienone is 6. The molecule has 0 aromatic carbocycles. The molecule has 0 fully saturated rings. The largest absolute Gasteiger partial charge is 0.207 e. The molecule has 0 aliphatic carbocycles. The van der Waals surface area contributed by atoms with Crippen LogP contribution in [0.3, 0.4) is 0 Å². The predicted molar refractivity (Wildman–Crippen MR) is 57.3 cm³/mol. The van der Waals surface area contributed by atoms with E-state index in [1.807, 2.05) is 26.0 Å². The summed E-state index contributed by atoms with van der Waals surface area (Å²) >= 11 is 0. The number of rotatable bonds is 5. The number of hydrogen-bond acceptors (Lipinski definition) is 0. The number of halogens is 1. The fourth-order valence-electron chi connectivity index (χ4n) is 1.06. The zero-order valence-corrected chi connectivity index (χ0v) is 8.81. The van der Waals surface area contributed by atoms with E-state index in [-0.39, 0.29) is 5.83 Å². The fourth-order valence-corrected chi connectivity index (χ4v) is 1.06. The molecule has 0 nitrogen and oxygen atoms in total. The van der Waals surface area contributed by atoms with Gasteiger partial charge in [0.25, 0.3) is 0 Å². The molecule has 0 saturated carbocycles. The molecule has 0 bridgehead atoms. The molecule has 0 aromatic rings. The van der Waals surface area contributed by atoms with E-state index in [2.05, 4.69) is 6.92 Å². The Kier molecular flexibility index (Phi) is 7.27. The normalized spacial score (nSPS) is 14.2. The molecule has 0 aliphatic rings. The highest BCUT2D eigenvalue weighted by Crippen LogP contribution is 2.09. The molecule has 13 heavy (non-hydrogen) atoms. The molecule has 0 spiro atoms. The van der Waals surface area contributed by atoms with Gasteiger partial charge in [-0.3, -0.25) is 0 Å². The standard InChI is InChI=1S/C12H19F/c1-4-7-11(6-3)9-10-12(13)8-5-2/h6,8-10H,4-5,7H2,1-3H3/b10-9-,11-6-,12-8-. The maximum atomic E-state index is 12.9. The van der Waals surface area contributed by atoms with Gasteiger partial charge in [0.15, 0.2) is 0 Å². The quantitative estimate of drug-likeness (QED) is 0.547. The maximum Gasteiger partial charge on any atom is 0.119 e. The van der Waals surface area contributed by atoms with E-state index in [0.29, 0.717) is 0 Å². The SMILES string of the molecule is C\C=C(/C=C\C(F)=C\CC)CCC. The van der Waals surface area contributed by atoms with Crippen molar-refractivity contribution < 1.29 is 4.39 Å². The van der Waals surface area contributed by atoms with Crippen LogP contribution in [0.4, 0.5) is 4.39 Å². The van der Waals surface area contributed by atoms with Crippen LogP contribution >= 0.6 is 0 Å². The second-order valence-corrected chi connectivity index (χ2v) is 2.94. The number of hydrogen-bond donors (Lipinski definition) is 0. The summed E-state index contributed by atoms with van der Waals surface area (Å²) in [6.07, 6.45) is 9.86. The summed E-state index contributed by atoms with van der Waals surface area (Å²) in [4.78, 5) is 0. The van der Waals surface area contributed by atoms with Gasteiger partial charge in [0, 0.05) is 0 Å². The lowest BCUT2D eigenvalue weighted by atomic mass is 10.1. The van der Waals surface area contributed by atoms with Crippen molar-refractivity contribution in [3.63, 3.8) is 0 Å². The van der Waals surface area contributed by atoms with E-state index in [0.717, 1.165) is 19.3 Å². The van der Waals surface area contributed by atoms with Crippen molar-refractivity contribution in [1.82, 2.24) is 0 Å². The summed E-state index contributed by atoms with van der Waals surface area (Å²) in [5.74, 6) is -0.141. The Balaban J connectivity index is 4.15. The Morgan fingerprint density at radius 2 is 1.92 bits per heavy atom. The Labute approximate surface area is 80.9 Å². The molecule has 0 N–H and O–H groups in total. The van der Waals surface area contributed by atoms with E-state index in [4.69, 9.17) is 0 Å². The van der Waals surface area contributed by atoms with Gasteiger partial charge in [-0.05, 0) is 31.9 Å². The minimum Gasteiger partial charge on any atom is -0.207 e. The topological polar surface area (TPSA) is 0 Å². The van der Waals surface area contributed by atoms with Crippen LogP contribution in [0.15, 0.2) is 35.7 Å². The molecule has 0 unspecified atom stereocenters. The lowest BCUT2D eigenvalue weighted by Gasteiger charge is -1.96. The van der Waals surface area contributed by atoms with E-state index in [1.165, 1.54) is 11.6 Å². The van der Waals surface area contributed by atoms with Crippen LogP contribution in [0, 0.1) is 0 Å². The molecule has 0 radical (unpaired) electrons. The first-order valence-electron chi connectivity index (χ1n) is 4.93. The molecular formula is C12H19F. The minimum atomic E-state index is -0.141. The molecule has 0 amide bonds. The monoisotopic (exact) mass is 182 g/mol. The summed E-state index contributed by atoms with van der Waals surface area (Å²) in [5.41, 5.74) is 1.20. The van der Waals surface area contributed by atoms with Gasteiger partial charge in [0.05, 0.1) is 0 Å². The summed E-state index contributed by atoms with van der Waals surface area (Å²) < 4.78 is 12.9. The van der Waals surface area contributed by atoms with Gasteiger partial charge in [-0.25, -0.2) is 4.39 Å². The third-order valence-electron chi connectivity index (χ3n) is 1.77. The molecule has 1 heteroatoms. The van der Waals surface area contributed by atoms with Gasteiger partial charge in [-0.15, -0.1) is 0 Å². The van der Waals surface area contributed by atoms with Crippen molar-refractivity contribution in [1.29, 1.82) is 0 Å². The summed E-state index contributed by atoms with van der Waals surface area (Å²) in [6, 6.07) is 0. The molecule has 0 aromatic heterocycles. The molecule has 74 valence electrons. The van der Waals surface area contributed by atoms with Gasteiger partial charge < -0.3 is 0 Å². The third kappa shape index (κ3) is 6.32. The molecule has 0 rings (SSSR count). The Hall–Kier alpha value is -0.850. The Morgan fingerprint density at radius 3 is 2.38 bits per heavy atom. The Bertz CT molecular complexity index is 209. The van der Waals surface area contributed by atoms with Crippen LogP contribution < -0.4 is 0 Å². The smallest absolute Gasteiger partial charge is 0.119 e. The first-order valence-corrected chi connectivity index (χ1v) is 4.93. The van der Waals surface area contributed by atoms with E-state index in [1.54, 1.807) is 6.08 Å². The van der Waals surface area contributed by atoms with Crippen molar-refractivity contribution in [3.05, 3.63) is 35.7 Å². The second kappa shape index (κ2) is 7.78. The van der Waals surface area contributed by atoms with Crippen molar-refractivity contribution in [2.75, 3.05) is 0 Å². The van der Waals surface area contributed by atoms with Crippen molar-refractivity contribution >= 4 is 0 Å². The lowest BCUT2D eigenvalue weighted by molar-refractivity contribution is 0.661. The van der Waals surface area contributed by atoms with Crippen LogP contribution in [-0.4, -0.2) is 0 Å². The van der Waals surface area contributed by atoms with Crippen molar-refractivity contribution in [2.45, 2.75) is 40.0 Å². The highest BCUT2D eigenvalue weighted by atomic mass is 19.1. The summed E-state index contributed by atoms with van der Waals surface area (Å²) in [5, 5.41) is 0. The van der Waals surface area contributed by atoms with Gasteiger partial charge in [0.2, 0.25) is 0 Å². The van der Waals surface area contributed by atoms with Gasteiger partial charge in [-0.2, -0.15) is 0 Å². The zero-order chi connectivity index (χ0) is 10.1. The summed E-state index contributed by atoms with van der Waals surface area (Å²) in [6.45, 7) is 6.03. The van der Waals surface area contributed by atoms with Crippen LogP contribution in [0.2, 0.25) is 0 Å². The molecular weight excluding hydrogens is 163 g/mol.